The Labute approximate surface area is 195 Å². The Morgan fingerprint density at radius 3 is 2.30 bits per heavy atom. The monoisotopic (exact) mass is 443 g/mol. The Morgan fingerprint density at radius 2 is 1.39 bits per heavy atom. The minimum Gasteiger partial charge on any atom is -0.456 e. The molecule has 3 heteroatoms. The lowest BCUT2D eigenvalue weighted by atomic mass is 10.00. The lowest BCUT2D eigenvalue weighted by molar-refractivity contribution is 0.669. The summed E-state index contributed by atoms with van der Waals surface area (Å²) >= 11 is 6.57. The van der Waals surface area contributed by atoms with Gasteiger partial charge in [0.2, 0.25) is 0 Å². The first-order valence-corrected chi connectivity index (χ1v) is 11.4. The summed E-state index contributed by atoms with van der Waals surface area (Å²) in [7, 11) is 0. The Bertz CT molecular complexity index is 1830. The first-order chi connectivity index (χ1) is 16.3. The number of halogens is 1. The third kappa shape index (κ3) is 2.68. The molecule has 0 radical (unpaired) electrons. The Kier molecular flexibility index (Phi) is 3.93. The summed E-state index contributed by atoms with van der Waals surface area (Å²) in [6.45, 7) is 0. The van der Waals surface area contributed by atoms with Gasteiger partial charge in [-0.15, -0.1) is 0 Å². The van der Waals surface area contributed by atoms with Crippen LogP contribution in [0.4, 0.5) is 0 Å². The van der Waals surface area contributed by atoms with Crippen LogP contribution < -0.4 is 0 Å². The van der Waals surface area contributed by atoms with Crippen molar-refractivity contribution in [1.29, 1.82) is 0 Å². The minimum atomic E-state index is 0.708. The highest BCUT2D eigenvalue weighted by molar-refractivity contribution is 6.37. The maximum Gasteiger partial charge on any atom is 0.136 e. The van der Waals surface area contributed by atoms with Crippen LogP contribution in [-0.2, 0) is 0 Å². The van der Waals surface area contributed by atoms with E-state index in [9.17, 15) is 0 Å². The van der Waals surface area contributed by atoms with E-state index in [2.05, 4.69) is 95.6 Å². The van der Waals surface area contributed by atoms with Crippen LogP contribution in [-0.4, -0.2) is 4.57 Å². The van der Waals surface area contributed by atoms with E-state index in [1.54, 1.807) is 0 Å². The predicted molar refractivity (Wildman–Crippen MR) is 139 cm³/mol. The van der Waals surface area contributed by atoms with Crippen LogP contribution in [0.5, 0.6) is 0 Å². The smallest absolute Gasteiger partial charge is 0.136 e. The molecular weight excluding hydrogens is 426 g/mol. The van der Waals surface area contributed by atoms with Gasteiger partial charge in [-0.1, -0.05) is 78.3 Å². The fourth-order valence-electron chi connectivity index (χ4n) is 5.05. The lowest BCUT2D eigenvalue weighted by Gasteiger charge is -2.11. The quantitative estimate of drug-likeness (QED) is 0.260. The molecule has 0 saturated heterocycles. The number of hydrogen-bond acceptors (Lipinski definition) is 1. The van der Waals surface area contributed by atoms with E-state index >= 15 is 0 Å². The summed E-state index contributed by atoms with van der Waals surface area (Å²) < 4.78 is 8.43. The summed E-state index contributed by atoms with van der Waals surface area (Å²) in [5.74, 6) is 0. The second kappa shape index (κ2) is 6.99. The number of para-hydroxylation sites is 3. The van der Waals surface area contributed by atoms with Crippen molar-refractivity contribution in [2.75, 3.05) is 0 Å². The molecule has 0 aliphatic heterocycles. The van der Waals surface area contributed by atoms with Crippen LogP contribution in [0.2, 0.25) is 5.02 Å². The van der Waals surface area contributed by atoms with Gasteiger partial charge < -0.3 is 8.98 Å². The van der Waals surface area contributed by atoms with Crippen molar-refractivity contribution >= 4 is 55.3 Å². The maximum atomic E-state index is 6.57. The maximum absolute atomic E-state index is 6.57. The van der Waals surface area contributed by atoms with Gasteiger partial charge in [-0.05, 0) is 48.0 Å². The van der Waals surface area contributed by atoms with E-state index in [-0.39, 0.29) is 0 Å². The molecule has 2 nitrogen and oxygen atoms in total. The first-order valence-electron chi connectivity index (χ1n) is 11.0. The Balaban J connectivity index is 1.61. The molecule has 0 spiro atoms. The fraction of sp³-hybridized carbons (Fsp3) is 0. The van der Waals surface area contributed by atoms with Gasteiger partial charge in [0.1, 0.15) is 11.2 Å². The molecule has 0 unspecified atom stereocenters. The summed E-state index contributed by atoms with van der Waals surface area (Å²) in [6, 6.07) is 37.9. The van der Waals surface area contributed by atoms with Gasteiger partial charge in [0.05, 0.1) is 16.1 Å². The predicted octanol–water partition coefficient (Wildman–Crippen LogP) is 9.00. The SMILES string of the molecule is Clc1cccc2oc3ccc(-c4cccc5c6ccccc6n(-c6ccccc6)c45)cc3c12. The van der Waals surface area contributed by atoms with Crippen molar-refractivity contribution in [3.63, 3.8) is 0 Å². The first kappa shape index (κ1) is 18.6. The third-order valence-corrected chi connectivity index (χ3v) is 6.78. The molecule has 5 aromatic carbocycles. The second-order valence-electron chi connectivity index (χ2n) is 8.32. The van der Waals surface area contributed by atoms with Crippen molar-refractivity contribution in [2.24, 2.45) is 0 Å². The average Bonchev–Trinajstić information content (AvgIpc) is 3.40. The number of hydrogen-bond donors (Lipinski definition) is 0. The molecule has 0 N–H and O–H groups in total. The molecule has 33 heavy (non-hydrogen) atoms. The van der Waals surface area contributed by atoms with Gasteiger partial charge >= 0.3 is 0 Å². The van der Waals surface area contributed by atoms with Gasteiger partial charge in [-0.3, -0.25) is 0 Å². The van der Waals surface area contributed by atoms with Crippen molar-refractivity contribution in [1.82, 2.24) is 4.57 Å². The number of benzene rings is 5. The number of rotatable bonds is 2. The molecule has 0 saturated carbocycles. The Morgan fingerprint density at radius 1 is 0.606 bits per heavy atom. The molecule has 0 fully saturated rings. The zero-order chi connectivity index (χ0) is 21.9. The summed E-state index contributed by atoms with van der Waals surface area (Å²) in [6.07, 6.45) is 0. The van der Waals surface area contributed by atoms with Crippen molar-refractivity contribution in [2.45, 2.75) is 0 Å². The summed E-state index contributed by atoms with van der Waals surface area (Å²) in [5.41, 5.74) is 7.51. The number of fused-ring (bicyclic) bond motifs is 6. The van der Waals surface area contributed by atoms with Gasteiger partial charge in [-0.2, -0.15) is 0 Å². The highest BCUT2D eigenvalue weighted by atomic mass is 35.5. The van der Waals surface area contributed by atoms with Crippen LogP contribution >= 0.6 is 11.6 Å². The molecule has 0 aliphatic carbocycles. The van der Waals surface area contributed by atoms with Crippen LogP contribution in [0.3, 0.4) is 0 Å². The lowest BCUT2D eigenvalue weighted by Crippen LogP contribution is -1.95. The molecular formula is C30H18ClNO. The van der Waals surface area contributed by atoms with E-state index in [0.29, 0.717) is 5.02 Å². The van der Waals surface area contributed by atoms with Gasteiger partial charge in [0, 0.05) is 32.8 Å². The summed E-state index contributed by atoms with van der Waals surface area (Å²) in [4.78, 5) is 0. The van der Waals surface area contributed by atoms with Gasteiger partial charge in [-0.25, -0.2) is 0 Å². The normalized spacial score (nSPS) is 11.8. The van der Waals surface area contributed by atoms with Gasteiger partial charge in [0.15, 0.2) is 0 Å². The van der Waals surface area contributed by atoms with Gasteiger partial charge in [0.25, 0.3) is 0 Å². The topological polar surface area (TPSA) is 18.1 Å². The molecule has 2 aromatic heterocycles. The molecule has 0 aliphatic rings. The highest BCUT2D eigenvalue weighted by Crippen LogP contribution is 2.40. The summed E-state index contributed by atoms with van der Waals surface area (Å²) in [5, 5.41) is 5.19. The second-order valence-corrected chi connectivity index (χ2v) is 8.72. The number of nitrogens with zero attached hydrogens (tertiary/aromatic N) is 1. The number of furan rings is 1. The van der Waals surface area contributed by atoms with E-state index in [4.69, 9.17) is 16.0 Å². The molecule has 7 aromatic rings. The minimum absolute atomic E-state index is 0.708. The van der Waals surface area contributed by atoms with Crippen molar-refractivity contribution in [3.8, 4) is 16.8 Å². The zero-order valence-electron chi connectivity index (χ0n) is 17.6. The largest absolute Gasteiger partial charge is 0.456 e. The van der Waals surface area contributed by atoms with E-state index in [0.717, 1.165) is 33.2 Å². The Hall–Kier alpha value is -4.01. The molecule has 0 amide bonds. The average molecular weight is 444 g/mol. The molecule has 0 atom stereocenters. The zero-order valence-corrected chi connectivity index (χ0v) is 18.4. The highest BCUT2D eigenvalue weighted by Gasteiger charge is 2.17. The molecule has 156 valence electrons. The van der Waals surface area contributed by atoms with E-state index < -0.39 is 0 Å². The van der Waals surface area contributed by atoms with Crippen molar-refractivity contribution < 1.29 is 4.42 Å². The van der Waals surface area contributed by atoms with Crippen LogP contribution in [0.25, 0.3) is 60.6 Å². The van der Waals surface area contributed by atoms with Crippen molar-refractivity contribution in [3.05, 3.63) is 114 Å². The molecule has 2 heterocycles. The standard InChI is InChI=1S/C30H18ClNO/c31-25-13-7-15-28-29(25)24-18-19(16-17-27(24)33-28)21-11-6-12-23-22-10-4-5-14-26(22)32(30(21)23)20-8-2-1-3-9-20/h1-18H. The number of aromatic nitrogens is 1. The van der Waals surface area contributed by atoms with Crippen LogP contribution in [0, 0.1) is 0 Å². The van der Waals surface area contributed by atoms with Crippen LogP contribution in [0.1, 0.15) is 0 Å². The molecule has 0 bridgehead atoms. The van der Waals surface area contributed by atoms with Crippen LogP contribution in [0.15, 0.2) is 114 Å². The van der Waals surface area contributed by atoms with E-state index in [1.807, 2.05) is 18.2 Å². The fourth-order valence-corrected chi connectivity index (χ4v) is 5.32. The third-order valence-electron chi connectivity index (χ3n) is 6.46. The van der Waals surface area contributed by atoms with E-state index in [1.165, 1.54) is 27.4 Å². The molecule has 7 rings (SSSR count).